The maximum absolute atomic E-state index is 13.1. The van der Waals surface area contributed by atoms with Crippen molar-refractivity contribution in [3.63, 3.8) is 0 Å². The number of nitriles is 1. The molecular formula is C18H14FNO3S. The highest BCUT2D eigenvalue weighted by atomic mass is 32.2. The van der Waals surface area contributed by atoms with Gasteiger partial charge in [-0.15, -0.1) is 0 Å². The van der Waals surface area contributed by atoms with Gasteiger partial charge in [0.25, 0.3) is 0 Å². The van der Waals surface area contributed by atoms with Crippen LogP contribution in [0.5, 0.6) is 0 Å². The van der Waals surface area contributed by atoms with E-state index >= 15 is 0 Å². The Hall–Kier alpha value is -2.52. The number of carbonyl (C=O) groups is 1. The molecule has 0 aliphatic heterocycles. The Balaban J connectivity index is 2.08. The molecule has 1 saturated carbocycles. The quantitative estimate of drug-likeness (QED) is 0.800. The molecule has 0 aromatic heterocycles. The van der Waals surface area contributed by atoms with Crippen LogP contribution in [0.25, 0.3) is 0 Å². The molecule has 0 heterocycles. The van der Waals surface area contributed by atoms with E-state index in [2.05, 4.69) is 0 Å². The van der Waals surface area contributed by atoms with E-state index in [0.717, 1.165) is 5.56 Å². The van der Waals surface area contributed by atoms with Crippen LogP contribution in [0.4, 0.5) is 4.39 Å². The third kappa shape index (κ3) is 2.33. The first-order valence-corrected chi connectivity index (χ1v) is 8.85. The second-order valence-electron chi connectivity index (χ2n) is 5.97. The Morgan fingerprint density at radius 1 is 1.12 bits per heavy atom. The lowest BCUT2D eigenvalue weighted by Gasteiger charge is -2.05. The highest BCUT2D eigenvalue weighted by Crippen LogP contribution is 2.62. The highest BCUT2D eigenvalue weighted by Gasteiger charge is 2.72. The van der Waals surface area contributed by atoms with Crippen molar-refractivity contribution in [3.05, 3.63) is 65.5 Å². The minimum atomic E-state index is -3.87. The lowest BCUT2D eigenvalue weighted by atomic mass is 10.0. The highest BCUT2D eigenvalue weighted by molar-refractivity contribution is 7.92. The molecule has 4 nitrogen and oxygen atoms in total. The number of carbonyl (C=O) groups excluding carboxylic acids is 1. The fourth-order valence-electron chi connectivity index (χ4n) is 3.11. The Morgan fingerprint density at radius 2 is 1.71 bits per heavy atom. The zero-order valence-electron chi connectivity index (χ0n) is 12.8. The first kappa shape index (κ1) is 16.3. The van der Waals surface area contributed by atoms with Crippen LogP contribution in [0, 0.1) is 29.5 Å². The van der Waals surface area contributed by atoms with Gasteiger partial charge in [-0.05, 0) is 36.8 Å². The number of aryl methyl sites for hydroxylation is 1. The molecule has 0 radical (unpaired) electrons. The first-order valence-electron chi connectivity index (χ1n) is 7.30. The van der Waals surface area contributed by atoms with Gasteiger partial charge in [0, 0.05) is 5.92 Å². The largest absolute Gasteiger partial charge is 0.302 e. The standard InChI is InChI=1S/C18H14FNO3S/c1-12-2-8-15(9-3-12)24(22,23)17-16(18(17,10-20)11-21)13-4-6-14(19)7-5-13/h2-9,11,16-17H,1H3/t16-,17+,18+/m1/s1. The fraction of sp³-hybridized carbons (Fsp3) is 0.222. The van der Waals surface area contributed by atoms with Crippen molar-refractivity contribution >= 4 is 16.1 Å². The third-order valence-electron chi connectivity index (χ3n) is 4.48. The Kier molecular flexibility index (Phi) is 3.77. The van der Waals surface area contributed by atoms with Gasteiger partial charge in [-0.25, -0.2) is 12.8 Å². The minimum absolute atomic E-state index is 0.0733. The molecule has 3 rings (SSSR count). The van der Waals surface area contributed by atoms with E-state index in [4.69, 9.17) is 0 Å². The van der Waals surface area contributed by atoms with E-state index in [1.807, 2.05) is 13.0 Å². The van der Waals surface area contributed by atoms with Crippen LogP contribution in [0.1, 0.15) is 17.0 Å². The molecule has 122 valence electrons. The fourth-order valence-corrected chi connectivity index (χ4v) is 5.34. The molecule has 0 N–H and O–H groups in total. The lowest BCUT2D eigenvalue weighted by molar-refractivity contribution is -0.110. The maximum Gasteiger partial charge on any atom is 0.183 e. The Bertz CT molecular complexity index is 930. The van der Waals surface area contributed by atoms with Crippen molar-refractivity contribution in [1.82, 2.24) is 0 Å². The summed E-state index contributed by atoms with van der Waals surface area (Å²) < 4.78 is 38.9. The van der Waals surface area contributed by atoms with Gasteiger partial charge in [-0.1, -0.05) is 29.8 Å². The smallest absolute Gasteiger partial charge is 0.183 e. The number of aldehydes is 1. The summed E-state index contributed by atoms with van der Waals surface area (Å²) in [6.07, 6.45) is 0.400. The van der Waals surface area contributed by atoms with Crippen LogP contribution < -0.4 is 0 Å². The Labute approximate surface area is 139 Å². The molecule has 0 saturated heterocycles. The van der Waals surface area contributed by atoms with Crippen LogP contribution in [0.3, 0.4) is 0 Å². The number of sulfone groups is 1. The topological polar surface area (TPSA) is 75.0 Å². The predicted molar refractivity (Wildman–Crippen MR) is 85.4 cm³/mol. The number of benzene rings is 2. The van der Waals surface area contributed by atoms with Crippen molar-refractivity contribution in [1.29, 1.82) is 5.26 Å². The molecule has 24 heavy (non-hydrogen) atoms. The zero-order chi connectivity index (χ0) is 17.5. The SMILES string of the molecule is Cc1ccc(S(=O)(=O)[C@H]2[C@@H](c3ccc(F)cc3)[C@]2(C#N)C=O)cc1. The number of halogens is 1. The molecule has 2 aromatic rings. The van der Waals surface area contributed by atoms with Crippen molar-refractivity contribution in [2.45, 2.75) is 23.0 Å². The molecule has 1 aliphatic carbocycles. The van der Waals surface area contributed by atoms with Crippen LogP contribution in [-0.2, 0) is 14.6 Å². The van der Waals surface area contributed by atoms with Gasteiger partial charge in [0.15, 0.2) is 9.84 Å². The summed E-state index contributed by atoms with van der Waals surface area (Å²) in [7, 11) is -3.87. The summed E-state index contributed by atoms with van der Waals surface area (Å²) in [6.45, 7) is 1.83. The van der Waals surface area contributed by atoms with E-state index in [0.29, 0.717) is 11.8 Å². The van der Waals surface area contributed by atoms with Crippen molar-refractivity contribution in [3.8, 4) is 6.07 Å². The van der Waals surface area contributed by atoms with E-state index < -0.39 is 32.2 Å². The van der Waals surface area contributed by atoms with Gasteiger partial charge < -0.3 is 4.79 Å². The normalized spacial score (nSPS) is 25.7. The van der Waals surface area contributed by atoms with Crippen molar-refractivity contribution in [2.75, 3.05) is 0 Å². The van der Waals surface area contributed by atoms with Gasteiger partial charge >= 0.3 is 0 Å². The van der Waals surface area contributed by atoms with Gasteiger partial charge in [-0.2, -0.15) is 5.26 Å². The van der Waals surface area contributed by atoms with Crippen LogP contribution in [-0.4, -0.2) is 20.0 Å². The molecule has 1 fully saturated rings. The molecule has 2 aromatic carbocycles. The van der Waals surface area contributed by atoms with E-state index in [1.165, 1.54) is 36.4 Å². The molecule has 0 amide bonds. The van der Waals surface area contributed by atoms with Crippen molar-refractivity contribution in [2.24, 2.45) is 5.41 Å². The van der Waals surface area contributed by atoms with E-state index in [9.17, 15) is 22.9 Å². The van der Waals surface area contributed by atoms with Crippen molar-refractivity contribution < 1.29 is 17.6 Å². The van der Waals surface area contributed by atoms with Gasteiger partial charge in [-0.3, -0.25) is 0 Å². The molecular weight excluding hydrogens is 329 g/mol. The number of hydrogen-bond donors (Lipinski definition) is 0. The molecule has 0 unspecified atom stereocenters. The molecule has 6 heteroatoms. The van der Waals surface area contributed by atoms with Gasteiger partial charge in [0.05, 0.1) is 11.0 Å². The van der Waals surface area contributed by atoms with Crippen LogP contribution in [0.2, 0.25) is 0 Å². The molecule has 0 bridgehead atoms. The molecule has 1 aliphatic rings. The average Bonchev–Trinajstić information content (AvgIpc) is 3.26. The average molecular weight is 343 g/mol. The van der Waals surface area contributed by atoms with E-state index in [-0.39, 0.29) is 4.90 Å². The summed E-state index contributed by atoms with van der Waals surface area (Å²) in [5.41, 5.74) is -0.269. The van der Waals surface area contributed by atoms with Gasteiger partial charge in [0.1, 0.15) is 22.8 Å². The number of rotatable bonds is 4. The molecule has 0 spiro atoms. The predicted octanol–water partition coefficient (Wildman–Crippen LogP) is 2.78. The zero-order valence-corrected chi connectivity index (χ0v) is 13.6. The maximum atomic E-state index is 13.1. The lowest BCUT2D eigenvalue weighted by Crippen LogP contribution is -2.16. The number of hydrogen-bond acceptors (Lipinski definition) is 4. The van der Waals surface area contributed by atoms with Crippen LogP contribution >= 0.6 is 0 Å². The summed E-state index contributed by atoms with van der Waals surface area (Å²) in [5, 5.41) is 8.28. The number of nitrogens with zero attached hydrogens (tertiary/aromatic N) is 1. The van der Waals surface area contributed by atoms with Gasteiger partial charge in [0.2, 0.25) is 0 Å². The summed E-state index contributed by atoms with van der Waals surface area (Å²) in [6, 6.07) is 13.3. The van der Waals surface area contributed by atoms with Crippen LogP contribution in [0.15, 0.2) is 53.4 Å². The molecule has 3 atom stereocenters. The monoisotopic (exact) mass is 343 g/mol. The third-order valence-corrected chi connectivity index (χ3v) is 6.74. The minimum Gasteiger partial charge on any atom is -0.302 e. The summed E-state index contributed by atoms with van der Waals surface area (Å²) in [5.74, 6) is -1.27. The second kappa shape index (κ2) is 5.53. The second-order valence-corrected chi connectivity index (χ2v) is 8.04. The van der Waals surface area contributed by atoms with E-state index in [1.54, 1.807) is 12.1 Å². The Morgan fingerprint density at radius 3 is 2.21 bits per heavy atom. The summed E-state index contributed by atoms with van der Waals surface area (Å²) >= 11 is 0. The summed E-state index contributed by atoms with van der Waals surface area (Å²) in [4.78, 5) is 11.6. The first-order chi connectivity index (χ1) is 11.4.